The molecule has 1 aromatic rings. The minimum atomic E-state index is -0.0878. The molecule has 0 atom stereocenters. The van der Waals surface area contributed by atoms with Gasteiger partial charge in [-0.15, -0.1) is 0 Å². The lowest BCUT2D eigenvalue weighted by atomic mass is 10.1. The second kappa shape index (κ2) is 2.99. The van der Waals surface area contributed by atoms with Crippen LogP contribution in [-0.4, -0.2) is 27.9 Å². The van der Waals surface area contributed by atoms with Crippen molar-refractivity contribution in [2.24, 2.45) is 0 Å². The van der Waals surface area contributed by atoms with Crippen LogP contribution in [0.15, 0.2) is 4.79 Å². The van der Waals surface area contributed by atoms with Crippen LogP contribution in [0.4, 0.5) is 0 Å². The quantitative estimate of drug-likeness (QED) is 0.668. The zero-order valence-electron chi connectivity index (χ0n) is 7.87. The molecule has 0 saturated carbocycles. The molecule has 5 heteroatoms. The first-order chi connectivity index (χ1) is 6.20. The maximum Gasteiger partial charge on any atom is 0.343 e. The van der Waals surface area contributed by atoms with Crippen LogP contribution in [0, 0.1) is 0 Å². The molecule has 0 radical (unpaired) electrons. The smallest absolute Gasteiger partial charge is 0.313 e. The Bertz CT molecular complexity index is 347. The van der Waals surface area contributed by atoms with E-state index in [1.54, 1.807) is 4.57 Å². The summed E-state index contributed by atoms with van der Waals surface area (Å²) in [6.07, 6.45) is 0. The number of rotatable bonds is 2. The van der Waals surface area contributed by atoms with Crippen LogP contribution in [0.25, 0.3) is 0 Å². The van der Waals surface area contributed by atoms with Gasteiger partial charge >= 0.3 is 5.69 Å². The van der Waals surface area contributed by atoms with E-state index in [2.05, 4.69) is 15.5 Å². The van der Waals surface area contributed by atoms with E-state index in [0.717, 1.165) is 18.9 Å². The minimum absolute atomic E-state index is 0.0878. The molecule has 5 nitrogen and oxygen atoms in total. The van der Waals surface area contributed by atoms with Crippen molar-refractivity contribution in [1.29, 1.82) is 0 Å². The molecule has 0 spiro atoms. The summed E-state index contributed by atoms with van der Waals surface area (Å²) in [5.41, 5.74) is -0.0878. The summed E-state index contributed by atoms with van der Waals surface area (Å²) >= 11 is 0. The van der Waals surface area contributed by atoms with Crippen molar-refractivity contribution in [1.82, 2.24) is 20.1 Å². The van der Waals surface area contributed by atoms with E-state index in [9.17, 15) is 4.79 Å². The Hall–Kier alpha value is -1.10. The van der Waals surface area contributed by atoms with Gasteiger partial charge in [0.25, 0.3) is 0 Å². The normalized spacial score (nSPS) is 17.8. The highest BCUT2D eigenvalue weighted by atomic mass is 16.1. The Morgan fingerprint density at radius 1 is 1.54 bits per heavy atom. The summed E-state index contributed by atoms with van der Waals surface area (Å²) in [6.45, 7) is 5.83. The standard InChI is InChI=1S/C8H14N4O/c1-5(2)7-10-11-8(13)12(7)6-3-9-4-6/h5-6,9H,3-4H2,1-2H3,(H,11,13). The molecule has 0 aromatic carbocycles. The lowest BCUT2D eigenvalue weighted by Crippen LogP contribution is -2.47. The van der Waals surface area contributed by atoms with Gasteiger partial charge in [-0.3, -0.25) is 4.57 Å². The predicted molar refractivity (Wildman–Crippen MR) is 48.8 cm³/mol. The summed E-state index contributed by atoms with van der Waals surface area (Å²) in [6, 6.07) is 0.295. The zero-order chi connectivity index (χ0) is 9.42. The maximum absolute atomic E-state index is 11.4. The van der Waals surface area contributed by atoms with Gasteiger partial charge in [0.1, 0.15) is 5.82 Å². The molecule has 2 heterocycles. The van der Waals surface area contributed by atoms with Crippen LogP contribution < -0.4 is 11.0 Å². The summed E-state index contributed by atoms with van der Waals surface area (Å²) in [4.78, 5) is 11.4. The molecule has 0 bridgehead atoms. The van der Waals surface area contributed by atoms with E-state index >= 15 is 0 Å². The molecule has 1 aliphatic rings. The van der Waals surface area contributed by atoms with E-state index in [-0.39, 0.29) is 5.69 Å². The van der Waals surface area contributed by atoms with Gasteiger partial charge in [0.2, 0.25) is 0 Å². The molecule has 72 valence electrons. The van der Waals surface area contributed by atoms with Crippen molar-refractivity contribution in [3.8, 4) is 0 Å². The summed E-state index contributed by atoms with van der Waals surface area (Å²) in [7, 11) is 0. The van der Waals surface area contributed by atoms with Gasteiger partial charge < -0.3 is 5.32 Å². The van der Waals surface area contributed by atoms with Gasteiger partial charge in [0.15, 0.2) is 0 Å². The van der Waals surface area contributed by atoms with E-state index in [0.29, 0.717) is 12.0 Å². The topological polar surface area (TPSA) is 62.7 Å². The van der Waals surface area contributed by atoms with Crippen molar-refractivity contribution < 1.29 is 0 Å². The molecule has 1 fully saturated rings. The van der Waals surface area contributed by atoms with Gasteiger partial charge in [-0.05, 0) is 0 Å². The summed E-state index contributed by atoms with van der Waals surface area (Å²) in [5.74, 6) is 1.15. The maximum atomic E-state index is 11.4. The molecule has 2 rings (SSSR count). The second-order valence-corrected chi connectivity index (χ2v) is 3.72. The van der Waals surface area contributed by atoms with Gasteiger partial charge in [0.05, 0.1) is 6.04 Å². The highest BCUT2D eigenvalue weighted by Gasteiger charge is 2.24. The van der Waals surface area contributed by atoms with Gasteiger partial charge in [-0.2, -0.15) is 5.10 Å². The Morgan fingerprint density at radius 2 is 2.23 bits per heavy atom. The molecular weight excluding hydrogens is 168 g/mol. The molecular formula is C8H14N4O. The second-order valence-electron chi connectivity index (χ2n) is 3.72. The van der Waals surface area contributed by atoms with E-state index < -0.39 is 0 Å². The fourth-order valence-electron chi connectivity index (χ4n) is 1.53. The molecule has 2 N–H and O–H groups in total. The van der Waals surface area contributed by atoms with Crippen LogP contribution in [0.1, 0.15) is 31.6 Å². The Labute approximate surface area is 76.2 Å². The average molecular weight is 182 g/mol. The number of aromatic amines is 1. The van der Waals surface area contributed by atoms with Crippen LogP contribution in [0.5, 0.6) is 0 Å². The molecule has 0 unspecified atom stereocenters. The number of aromatic nitrogens is 3. The molecule has 1 aromatic heterocycles. The van der Waals surface area contributed by atoms with Gasteiger partial charge in [-0.1, -0.05) is 13.8 Å². The highest BCUT2D eigenvalue weighted by Crippen LogP contribution is 2.16. The monoisotopic (exact) mass is 182 g/mol. The highest BCUT2D eigenvalue weighted by molar-refractivity contribution is 4.98. The van der Waals surface area contributed by atoms with Crippen LogP contribution in [0.3, 0.4) is 0 Å². The van der Waals surface area contributed by atoms with Crippen molar-refractivity contribution in [3.63, 3.8) is 0 Å². The van der Waals surface area contributed by atoms with Crippen molar-refractivity contribution in [2.45, 2.75) is 25.8 Å². The summed E-state index contributed by atoms with van der Waals surface area (Å²) in [5, 5.41) is 9.65. The van der Waals surface area contributed by atoms with Crippen LogP contribution >= 0.6 is 0 Å². The van der Waals surface area contributed by atoms with E-state index in [4.69, 9.17) is 0 Å². The first kappa shape index (κ1) is 8.50. The first-order valence-corrected chi connectivity index (χ1v) is 4.57. The van der Waals surface area contributed by atoms with Crippen molar-refractivity contribution in [3.05, 3.63) is 16.3 Å². The largest absolute Gasteiger partial charge is 0.343 e. The molecule has 0 amide bonds. The number of nitrogens with one attached hydrogen (secondary N) is 2. The Morgan fingerprint density at radius 3 is 2.69 bits per heavy atom. The van der Waals surface area contributed by atoms with E-state index in [1.807, 2.05) is 13.8 Å². The van der Waals surface area contributed by atoms with E-state index in [1.165, 1.54) is 0 Å². The molecule has 13 heavy (non-hydrogen) atoms. The third-order valence-electron chi connectivity index (χ3n) is 2.37. The van der Waals surface area contributed by atoms with Gasteiger partial charge in [0, 0.05) is 19.0 Å². The predicted octanol–water partition coefficient (Wildman–Crippen LogP) is -0.161. The SMILES string of the molecule is CC(C)c1n[nH]c(=O)n1C1CNC1. The fraction of sp³-hybridized carbons (Fsp3) is 0.750. The number of hydrogen-bond acceptors (Lipinski definition) is 3. The summed E-state index contributed by atoms with van der Waals surface area (Å²) < 4.78 is 1.77. The van der Waals surface area contributed by atoms with Gasteiger partial charge in [-0.25, -0.2) is 9.89 Å². The Kier molecular flexibility index (Phi) is 1.95. The minimum Gasteiger partial charge on any atom is -0.313 e. The molecule has 1 aliphatic heterocycles. The van der Waals surface area contributed by atoms with Crippen molar-refractivity contribution >= 4 is 0 Å². The first-order valence-electron chi connectivity index (χ1n) is 4.57. The lowest BCUT2D eigenvalue weighted by Gasteiger charge is -2.28. The molecule has 1 saturated heterocycles. The Balaban J connectivity index is 2.40. The average Bonchev–Trinajstić information content (AvgIpc) is 2.30. The van der Waals surface area contributed by atoms with Crippen LogP contribution in [0.2, 0.25) is 0 Å². The number of hydrogen-bond donors (Lipinski definition) is 2. The van der Waals surface area contributed by atoms with Crippen LogP contribution in [-0.2, 0) is 0 Å². The number of nitrogens with zero attached hydrogens (tertiary/aromatic N) is 2. The molecule has 0 aliphatic carbocycles. The third kappa shape index (κ3) is 1.29. The lowest BCUT2D eigenvalue weighted by molar-refractivity contribution is 0.326. The fourth-order valence-corrected chi connectivity index (χ4v) is 1.53. The van der Waals surface area contributed by atoms with Crippen molar-refractivity contribution in [2.75, 3.05) is 13.1 Å². The zero-order valence-corrected chi connectivity index (χ0v) is 7.87. The number of H-pyrrole nitrogens is 1. The third-order valence-corrected chi connectivity index (χ3v) is 2.37.